The van der Waals surface area contributed by atoms with Crippen LogP contribution >= 0.6 is 11.6 Å². The van der Waals surface area contributed by atoms with Crippen molar-refractivity contribution in [3.05, 3.63) is 34.6 Å². The lowest BCUT2D eigenvalue weighted by molar-refractivity contribution is 0.223. The van der Waals surface area contributed by atoms with Crippen LogP contribution in [0.25, 0.3) is 0 Å². The molecule has 20 heavy (non-hydrogen) atoms. The van der Waals surface area contributed by atoms with Crippen LogP contribution in [0.4, 0.5) is 4.39 Å². The Labute approximate surface area is 126 Å². The molecule has 1 fully saturated rings. The Balaban J connectivity index is 2.02. The molecule has 0 heterocycles. The van der Waals surface area contributed by atoms with Crippen molar-refractivity contribution in [1.29, 1.82) is 0 Å². The topological polar surface area (TPSA) is 12.0 Å². The third kappa shape index (κ3) is 4.46. The van der Waals surface area contributed by atoms with Gasteiger partial charge in [0.1, 0.15) is 5.82 Å². The normalized spacial score (nSPS) is 23.2. The summed E-state index contributed by atoms with van der Waals surface area (Å²) in [6.07, 6.45) is 5.85. The fraction of sp³-hybridized carbons (Fsp3) is 0.647. The van der Waals surface area contributed by atoms with Gasteiger partial charge in [-0.05, 0) is 61.4 Å². The van der Waals surface area contributed by atoms with E-state index in [1.165, 1.54) is 31.7 Å². The highest BCUT2D eigenvalue weighted by molar-refractivity contribution is 6.30. The summed E-state index contributed by atoms with van der Waals surface area (Å²) < 4.78 is 13.9. The van der Waals surface area contributed by atoms with E-state index in [0.29, 0.717) is 22.9 Å². The van der Waals surface area contributed by atoms with Crippen LogP contribution in [-0.2, 0) is 6.42 Å². The Bertz CT molecular complexity index is 433. The third-order valence-electron chi connectivity index (χ3n) is 4.34. The summed E-state index contributed by atoms with van der Waals surface area (Å²) in [5.41, 5.74) is 0.777. The molecule has 3 heteroatoms. The van der Waals surface area contributed by atoms with Crippen molar-refractivity contribution in [3.8, 4) is 0 Å². The SMILES string of the molecule is CC(C)NCC1CCCCC1Cc1cc(Cl)ccc1F. The monoisotopic (exact) mass is 297 g/mol. The Morgan fingerprint density at radius 3 is 2.65 bits per heavy atom. The van der Waals surface area contributed by atoms with Gasteiger partial charge < -0.3 is 5.32 Å². The van der Waals surface area contributed by atoms with Crippen molar-refractivity contribution < 1.29 is 4.39 Å². The molecule has 0 bridgehead atoms. The molecule has 1 saturated carbocycles. The van der Waals surface area contributed by atoms with Crippen LogP contribution in [0.1, 0.15) is 45.1 Å². The predicted molar refractivity (Wildman–Crippen MR) is 83.7 cm³/mol. The van der Waals surface area contributed by atoms with Crippen molar-refractivity contribution >= 4 is 11.6 Å². The quantitative estimate of drug-likeness (QED) is 0.821. The maximum atomic E-state index is 13.9. The van der Waals surface area contributed by atoms with E-state index in [-0.39, 0.29) is 5.82 Å². The summed E-state index contributed by atoms with van der Waals surface area (Å²) in [4.78, 5) is 0. The zero-order valence-electron chi connectivity index (χ0n) is 12.5. The zero-order chi connectivity index (χ0) is 14.5. The zero-order valence-corrected chi connectivity index (χ0v) is 13.2. The minimum atomic E-state index is -0.115. The van der Waals surface area contributed by atoms with Crippen molar-refractivity contribution in [3.63, 3.8) is 0 Å². The molecule has 0 saturated heterocycles. The number of hydrogen-bond donors (Lipinski definition) is 1. The molecule has 1 aromatic rings. The lowest BCUT2D eigenvalue weighted by Gasteiger charge is -2.32. The molecule has 2 atom stereocenters. The smallest absolute Gasteiger partial charge is 0.126 e. The van der Waals surface area contributed by atoms with Gasteiger partial charge >= 0.3 is 0 Å². The van der Waals surface area contributed by atoms with Crippen molar-refractivity contribution in [1.82, 2.24) is 5.32 Å². The highest BCUT2D eigenvalue weighted by Crippen LogP contribution is 2.33. The molecule has 0 spiro atoms. The number of rotatable bonds is 5. The average molecular weight is 298 g/mol. The highest BCUT2D eigenvalue weighted by atomic mass is 35.5. The summed E-state index contributed by atoms with van der Waals surface area (Å²) in [5, 5.41) is 4.17. The summed E-state index contributed by atoms with van der Waals surface area (Å²) in [5.74, 6) is 1.11. The van der Waals surface area contributed by atoms with Crippen LogP contribution in [0, 0.1) is 17.7 Å². The molecule has 1 aromatic carbocycles. The molecule has 0 aromatic heterocycles. The van der Waals surface area contributed by atoms with Gasteiger partial charge in [-0.1, -0.05) is 38.3 Å². The van der Waals surface area contributed by atoms with Gasteiger partial charge in [0.25, 0.3) is 0 Å². The fourth-order valence-corrected chi connectivity index (χ4v) is 3.39. The van der Waals surface area contributed by atoms with E-state index in [9.17, 15) is 4.39 Å². The van der Waals surface area contributed by atoms with E-state index < -0.39 is 0 Å². The van der Waals surface area contributed by atoms with Gasteiger partial charge in [-0.15, -0.1) is 0 Å². The number of halogens is 2. The summed E-state index contributed by atoms with van der Waals surface area (Å²) in [6, 6.07) is 5.42. The molecular weight excluding hydrogens is 273 g/mol. The van der Waals surface area contributed by atoms with Gasteiger partial charge in [-0.3, -0.25) is 0 Å². The van der Waals surface area contributed by atoms with Gasteiger partial charge in [-0.25, -0.2) is 4.39 Å². The molecule has 0 amide bonds. The molecule has 112 valence electrons. The van der Waals surface area contributed by atoms with Gasteiger partial charge in [-0.2, -0.15) is 0 Å². The molecule has 1 nitrogen and oxygen atoms in total. The molecule has 0 aliphatic heterocycles. The first-order valence-electron chi connectivity index (χ1n) is 7.73. The number of benzene rings is 1. The molecule has 1 aliphatic carbocycles. The van der Waals surface area contributed by atoms with Crippen molar-refractivity contribution in [2.45, 2.75) is 52.0 Å². The minimum absolute atomic E-state index is 0.115. The van der Waals surface area contributed by atoms with Gasteiger partial charge in [0.15, 0.2) is 0 Å². The van der Waals surface area contributed by atoms with Gasteiger partial charge in [0, 0.05) is 11.1 Å². The lowest BCUT2D eigenvalue weighted by Crippen LogP contribution is -2.35. The summed E-state index contributed by atoms with van der Waals surface area (Å²) >= 11 is 5.99. The van der Waals surface area contributed by atoms with Crippen LogP contribution in [0.3, 0.4) is 0 Å². The molecule has 2 rings (SSSR count). The maximum Gasteiger partial charge on any atom is 0.126 e. The second-order valence-corrected chi connectivity index (χ2v) is 6.74. The van der Waals surface area contributed by atoms with E-state index in [0.717, 1.165) is 18.5 Å². The van der Waals surface area contributed by atoms with E-state index in [1.807, 2.05) is 0 Å². The van der Waals surface area contributed by atoms with Gasteiger partial charge in [0.2, 0.25) is 0 Å². The standard InChI is InChI=1S/C17H25ClFN/c1-12(2)20-11-14-6-4-3-5-13(14)9-15-10-16(18)7-8-17(15)19/h7-8,10,12-14,20H,3-6,9,11H2,1-2H3. The summed E-state index contributed by atoms with van der Waals surface area (Å²) in [7, 11) is 0. The van der Waals surface area contributed by atoms with Crippen LogP contribution < -0.4 is 5.32 Å². The predicted octanol–water partition coefficient (Wildman–Crippen LogP) is 4.83. The van der Waals surface area contributed by atoms with Crippen molar-refractivity contribution in [2.24, 2.45) is 11.8 Å². The van der Waals surface area contributed by atoms with Crippen molar-refractivity contribution in [2.75, 3.05) is 6.54 Å². The molecule has 0 radical (unpaired) electrons. The Morgan fingerprint density at radius 2 is 1.95 bits per heavy atom. The van der Waals surface area contributed by atoms with E-state index in [2.05, 4.69) is 19.2 Å². The second kappa shape index (κ2) is 7.42. The van der Waals surface area contributed by atoms with E-state index >= 15 is 0 Å². The fourth-order valence-electron chi connectivity index (χ4n) is 3.19. The molecular formula is C17H25ClFN. The number of hydrogen-bond acceptors (Lipinski definition) is 1. The first kappa shape index (κ1) is 15.8. The minimum Gasteiger partial charge on any atom is -0.314 e. The van der Waals surface area contributed by atoms with E-state index in [4.69, 9.17) is 11.6 Å². The first-order chi connectivity index (χ1) is 9.56. The summed E-state index contributed by atoms with van der Waals surface area (Å²) in [6.45, 7) is 5.40. The van der Waals surface area contributed by atoms with Crippen LogP contribution in [0.5, 0.6) is 0 Å². The average Bonchev–Trinajstić information content (AvgIpc) is 2.42. The lowest BCUT2D eigenvalue weighted by atomic mass is 9.76. The first-order valence-corrected chi connectivity index (χ1v) is 8.11. The van der Waals surface area contributed by atoms with Crippen LogP contribution in [-0.4, -0.2) is 12.6 Å². The van der Waals surface area contributed by atoms with Crippen LogP contribution in [0.2, 0.25) is 5.02 Å². The maximum absolute atomic E-state index is 13.9. The Hall–Kier alpha value is -0.600. The van der Waals surface area contributed by atoms with Gasteiger partial charge in [0.05, 0.1) is 0 Å². The Morgan fingerprint density at radius 1 is 1.25 bits per heavy atom. The van der Waals surface area contributed by atoms with E-state index in [1.54, 1.807) is 12.1 Å². The molecule has 1 aliphatic rings. The number of nitrogens with one attached hydrogen (secondary N) is 1. The Kier molecular flexibility index (Phi) is 5.86. The molecule has 1 N–H and O–H groups in total. The highest BCUT2D eigenvalue weighted by Gasteiger charge is 2.26. The third-order valence-corrected chi connectivity index (χ3v) is 4.58. The van der Waals surface area contributed by atoms with Crippen LogP contribution in [0.15, 0.2) is 18.2 Å². The molecule has 2 unspecified atom stereocenters. The second-order valence-electron chi connectivity index (χ2n) is 6.31. The largest absolute Gasteiger partial charge is 0.314 e.